The third kappa shape index (κ3) is 4.28. The van der Waals surface area contributed by atoms with Crippen LogP contribution in [0.4, 0.5) is 5.69 Å². The van der Waals surface area contributed by atoms with Gasteiger partial charge in [0.25, 0.3) is 0 Å². The number of nitrogens with zero attached hydrogens (tertiary/aromatic N) is 2. The number of morpholine rings is 1. The highest BCUT2D eigenvalue weighted by Gasteiger charge is 2.10. The van der Waals surface area contributed by atoms with E-state index in [-0.39, 0.29) is 0 Å². The van der Waals surface area contributed by atoms with Crippen LogP contribution in [0.5, 0.6) is 0 Å². The largest absolute Gasteiger partial charge is 0.381 e. The molecule has 0 spiro atoms. The molecule has 110 valence electrons. The molecule has 21 heavy (non-hydrogen) atoms. The van der Waals surface area contributed by atoms with E-state index in [0.29, 0.717) is 0 Å². The second kappa shape index (κ2) is 7.20. The average molecular weight is 283 g/mol. The topological polar surface area (TPSA) is 37.4 Å². The van der Waals surface area contributed by atoms with Gasteiger partial charge < -0.3 is 10.1 Å². The van der Waals surface area contributed by atoms with Gasteiger partial charge in [0.2, 0.25) is 0 Å². The van der Waals surface area contributed by atoms with Crippen LogP contribution in [-0.4, -0.2) is 36.2 Å². The second-order valence-corrected chi connectivity index (χ2v) is 5.29. The number of hydrogen-bond donors (Lipinski definition) is 1. The average Bonchev–Trinajstić information content (AvgIpc) is 2.56. The second-order valence-electron chi connectivity index (χ2n) is 5.29. The summed E-state index contributed by atoms with van der Waals surface area (Å²) in [6, 6.07) is 12.8. The summed E-state index contributed by atoms with van der Waals surface area (Å²) in [7, 11) is 0. The van der Waals surface area contributed by atoms with Gasteiger partial charge in [0.05, 0.1) is 13.2 Å². The van der Waals surface area contributed by atoms with Crippen LogP contribution >= 0.6 is 0 Å². The number of pyridine rings is 1. The third-order valence-electron chi connectivity index (χ3n) is 3.71. The van der Waals surface area contributed by atoms with Crippen molar-refractivity contribution >= 4 is 5.69 Å². The van der Waals surface area contributed by atoms with Crippen molar-refractivity contribution in [1.29, 1.82) is 0 Å². The summed E-state index contributed by atoms with van der Waals surface area (Å²) in [5.74, 6) is 0. The zero-order chi connectivity index (χ0) is 14.3. The normalized spacial score (nSPS) is 15.8. The highest BCUT2D eigenvalue weighted by molar-refractivity contribution is 5.45. The number of rotatable bonds is 5. The number of anilines is 1. The lowest BCUT2D eigenvalue weighted by molar-refractivity contribution is 0.0342. The molecular formula is C17H21N3O. The first-order chi connectivity index (χ1) is 10.4. The molecule has 1 aromatic heterocycles. The molecule has 1 aromatic carbocycles. The summed E-state index contributed by atoms with van der Waals surface area (Å²) in [4.78, 5) is 6.46. The number of nitrogens with one attached hydrogen (secondary N) is 1. The Hall–Kier alpha value is -1.91. The van der Waals surface area contributed by atoms with E-state index >= 15 is 0 Å². The van der Waals surface area contributed by atoms with Crippen LogP contribution in [0.3, 0.4) is 0 Å². The Kier molecular flexibility index (Phi) is 4.82. The maximum absolute atomic E-state index is 5.37. The van der Waals surface area contributed by atoms with Crippen molar-refractivity contribution in [3.8, 4) is 0 Å². The van der Waals surface area contributed by atoms with Crippen molar-refractivity contribution in [3.63, 3.8) is 0 Å². The Labute approximate surface area is 125 Å². The number of ether oxygens (including phenoxy) is 1. The molecule has 1 aliphatic heterocycles. The molecule has 0 unspecified atom stereocenters. The van der Waals surface area contributed by atoms with E-state index in [4.69, 9.17) is 4.74 Å². The summed E-state index contributed by atoms with van der Waals surface area (Å²) in [5, 5.41) is 3.43. The molecule has 0 aliphatic carbocycles. The van der Waals surface area contributed by atoms with Crippen LogP contribution in [0.1, 0.15) is 11.1 Å². The molecule has 2 aromatic rings. The predicted molar refractivity (Wildman–Crippen MR) is 84.1 cm³/mol. The minimum absolute atomic E-state index is 0.825. The standard InChI is InChI=1S/C17H21N3O/c1-3-17(19-13-15-5-7-18-8-6-15)4-2-16(1)14-20-9-11-21-12-10-20/h1-8,19H,9-14H2. The Morgan fingerprint density at radius 1 is 0.952 bits per heavy atom. The molecular weight excluding hydrogens is 262 g/mol. The van der Waals surface area contributed by atoms with E-state index in [2.05, 4.69) is 39.5 Å². The zero-order valence-electron chi connectivity index (χ0n) is 12.2. The molecule has 1 fully saturated rings. The molecule has 1 aliphatic rings. The summed E-state index contributed by atoms with van der Waals surface area (Å²) in [6.45, 7) is 5.60. The van der Waals surface area contributed by atoms with Crippen molar-refractivity contribution in [2.75, 3.05) is 31.6 Å². The fourth-order valence-electron chi connectivity index (χ4n) is 2.45. The molecule has 4 nitrogen and oxygen atoms in total. The summed E-state index contributed by atoms with van der Waals surface area (Å²) < 4.78 is 5.37. The van der Waals surface area contributed by atoms with Crippen molar-refractivity contribution in [2.45, 2.75) is 13.1 Å². The van der Waals surface area contributed by atoms with Gasteiger partial charge in [-0.1, -0.05) is 12.1 Å². The van der Waals surface area contributed by atoms with Crippen molar-refractivity contribution in [3.05, 3.63) is 59.9 Å². The van der Waals surface area contributed by atoms with Crippen LogP contribution in [-0.2, 0) is 17.8 Å². The van der Waals surface area contributed by atoms with Crippen LogP contribution < -0.4 is 5.32 Å². The first kappa shape index (κ1) is 14.0. The van der Waals surface area contributed by atoms with Crippen LogP contribution in [0.15, 0.2) is 48.8 Å². The molecule has 1 N–H and O–H groups in total. The molecule has 0 bridgehead atoms. The molecule has 4 heteroatoms. The molecule has 3 rings (SSSR count). The number of benzene rings is 1. The van der Waals surface area contributed by atoms with Crippen LogP contribution in [0.25, 0.3) is 0 Å². The molecule has 0 saturated carbocycles. The number of aromatic nitrogens is 1. The molecule has 0 atom stereocenters. The van der Waals surface area contributed by atoms with E-state index in [1.165, 1.54) is 11.1 Å². The van der Waals surface area contributed by atoms with Gasteiger partial charge in [-0.05, 0) is 35.4 Å². The van der Waals surface area contributed by atoms with Gasteiger partial charge in [0, 0.05) is 44.3 Å². The zero-order valence-corrected chi connectivity index (χ0v) is 12.2. The fourth-order valence-corrected chi connectivity index (χ4v) is 2.45. The minimum Gasteiger partial charge on any atom is -0.381 e. The third-order valence-corrected chi connectivity index (χ3v) is 3.71. The highest BCUT2D eigenvalue weighted by atomic mass is 16.5. The molecule has 1 saturated heterocycles. The Morgan fingerprint density at radius 3 is 2.38 bits per heavy atom. The highest BCUT2D eigenvalue weighted by Crippen LogP contribution is 2.13. The molecule has 0 radical (unpaired) electrons. The Morgan fingerprint density at radius 2 is 1.67 bits per heavy atom. The Balaban J connectivity index is 1.51. The van der Waals surface area contributed by atoms with Gasteiger partial charge in [0.1, 0.15) is 0 Å². The van der Waals surface area contributed by atoms with Crippen LogP contribution in [0, 0.1) is 0 Å². The lowest BCUT2D eigenvalue weighted by Gasteiger charge is -2.26. The Bertz CT molecular complexity index is 536. The van der Waals surface area contributed by atoms with Crippen LogP contribution in [0.2, 0.25) is 0 Å². The van der Waals surface area contributed by atoms with E-state index in [1.807, 2.05) is 24.5 Å². The van der Waals surface area contributed by atoms with Crippen molar-refractivity contribution in [1.82, 2.24) is 9.88 Å². The molecule has 2 heterocycles. The van der Waals surface area contributed by atoms with E-state index in [9.17, 15) is 0 Å². The minimum atomic E-state index is 0.825. The van der Waals surface area contributed by atoms with Crippen molar-refractivity contribution < 1.29 is 4.74 Å². The first-order valence-electron chi connectivity index (χ1n) is 7.42. The van der Waals surface area contributed by atoms with Gasteiger partial charge in [-0.25, -0.2) is 0 Å². The monoisotopic (exact) mass is 283 g/mol. The van der Waals surface area contributed by atoms with E-state index in [1.54, 1.807) is 0 Å². The van der Waals surface area contributed by atoms with Gasteiger partial charge in [-0.15, -0.1) is 0 Å². The maximum Gasteiger partial charge on any atom is 0.0594 e. The smallest absolute Gasteiger partial charge is 0.0594 e. The van der Waals surface area contributed by atoms with Gasteiger partial charge in [-0.3, -0.25) is 9.88 Å². The SMILES string of the molecule is c1cc(CNc2ccc(CN3CCOCC3)cc2)ccn1. The number of hydrogen-bond acceptors (Lipinski definition) is 4. The van der Waals surface area contributed by atoms with E-state index < -0.39 is 0 Å². The van der Waals surface area contributed by atoms with E-state index in [0.717, 1.165) is 45.1 Å². The molecule has 0 amide bonds. The quantitative estimate of drug-likeness (QED) is 0.915. The van der Waals surface area contributed by atoms with Gasteiger partial charge >= 0.3 is 0 Å². The first-order valence-corrected chi connectivity index (χ1v) is 7.42. The lowest BCUT2D eigenvalue weighted by Crippen LogP contribution is -2.35. The lowest BCUT2D eigenvalue weighted by atomic mass is 10.2. The van der Waals surface area contributed by atoms with Crippen molar-refractivity contribution in [2.24, 2.45) is 0 Å². The fraction of sp³-hybridized carbons (Fsp3) is 0.353. The summed E-state index contributed by atoms with van der Waals surface area (Å²) in [5.41, 5.74) is 3.74. The predicted octanol–water partition coefficient (Wildman–Crippen LogP) is 2.53. The summed E-state index contributed by atoms with van der Waals surface area (Å²) >= 11 is 0. The van der Waals surface area contributed by atoms with Gasteiger partial charge in [-0.2, -0.15) is 0 Å². The summed E-state index contributed by atoms with van der Waals surface area (Å²) in [6.07, 6.45) is 3.64. The maximum atomic E-state index is 5.37. The van der Waals surface area contributed by atoms with Gasteiger partial charge in [0.15, 0.2) is 0 Å².